The maximum atomic E-state index is 13.0. The van der Waals surface area contributed by atoms with E-state index >= 15 is 0 Å². The van der Waals surface area contributed by atoms with Crippen molar-refractivity contribution in [2.24, 2.45) is 5.41 Å². The SMILES string of the molecule is CN1CC2(CCN(C(=O)C3CC(c4ccc(O)cc4)NN3)CC2)CC1C(=O)O. The fourth-order valence-corrected chi connectivity index (χ4v) is 4.97. The molecule has 3 aliphatic rings. The summed E-state index contributed by atoms with van der Waals surface area (Å²) in [6.45, 7) is 2.15. The molecule has 1 amide bonds. The third-order valence-corrected chi connectivity index (χ3v) is 6.66. The molecule has 4 rings (SSSR count). The molecule has 3 aliphatic heterocycles. The van der Waals surface area contributed by atoms with Crippen LogP contribution in [0, 0.1) is 5.41 Å². The van der Waals surface area contributed by atoms with Crippen molar-refractivity contribution in [3.05, 3.63) is 29.8 Å². The number of nitrogens with one attached hydrogen (secondary N) is 2. The zero-order chi connectivity index (χ0) is 19.9. The monoisotopic (exact) mass is 388 g/mol. The number of amides is 1. The van der Waals surface area contributed by atoms with Crippen LogP contribution in [-0.2, 0) is 9.59 Å². The minimum absolute atomic E-state index is 0.0184. The lowest BCUT2D eigenvalue weighted by Gasteiger charge is -2.40. The number of hydrazine groups is 1. The van der Waals surface area contributed by atoms with Crippen LogP contribution in [0.1, 0.15) is 37.3 Å². The molecular weight excluding hydrogens is 360 g/mol. The second-order valence-corrected chi connectivity index (χ2v) is 8.52. The summed E-state index contributed by atoms with van der Waals surface area (Å²) in [4.78, 5) is 28.2. The van der Waals surface area contributed by atoms with Crippen LogP contribution >= 0.6 is 0 Å². The van der Waals surface area contributed by atoms with Gasteiger partial charge in [0.25, 0.3) is 0 Å². The van der Waals surface area contributed by atoms with Gasteiger partial charge in [-0.1, -0.05) is 12.1 Å². The highest BCUT2D eigenvalue weighted by atomic mass is 16.4. The van der Waals surface area contributed by atoms with E-state index < -0.39 is 12.0 Å². The van der Waals surface area contributed by atoms with Crippen molar-refractivity contribution in [3.63, 3.8) is 0 Å². The molecule has 0 radical (unpaired) electrons. The standard InChI is InChI=1S/C20H28N4O4/c1-23-12-20(11-17(23)19(27)28)6-8-24(9-7-20)18(26)16-10-15(21-22-16)13-2-4-14(25)5-3-13/h2-5,15-17,21-22,25H,6-12H2,1H3,(H,27,28). The van der Waals surface area contributed by atoms with Crippen molar-refractivity contribution in [2.75, 3.05) is 26.7 Å². The molecule has 8 heteroatoms. The van der Waals surface area contributed by atoms with Crippen LogP contribution in [0.2, 0.25) is 0 Å². The topological polar surface area (TPSA) is 105 Å². The number of likely N-dealkylation sites (N-methyl/N-ethyl adjacent to an activating group) is 1. The van der Waals surface area contributed by atoms with Crippen LogP contribution < -0.4 is 10.9 Å². The maximum absolute atomic E-state index is 13.0. The summed E-state index contributed by atoms with van der Waals surface area (Å²) < 4.78 is 0. The minimum atomic E-state index is -0.751. The zero-order valence-corrected chi connectivity index (χ0v) is 16.1. The molecule has 1 spiro atoms. The van der Waals surface area contributed by atoms with Gasteiger partial charge in [-0.2, -0.15) is 0 Å². The van der Waals surface area contributed by atoms with Crippen molar-refractivity contribution in [3.8, 4) is 5.75 Å². The highest BCUT2D eigenvalue weighted by Crippen LogP contribution is 2.43. The summed E-state index contributed by atoms with van der Waals surface area (Å²) in [5.41, 5.74) is 7.35. The van der Waals surface area contributed by atoms with E-state index in [2.05, 4.69) is 10.9 Å². The molecule has 152 valence electrons. The Morgan fingerprint density at radius 2 is 1.82 bits per heavy atom. The van der Waals surface area contributed by atoms with Crippen LogP contribution in [0.25, 0.3) is 0 Å². The van der Waals surface area contributed by atoms with Crippen molar-refractivity contribution in [1.82, 2.24) is 20.7 Å². The molecule has 3 fully saturated rings. The Morgan fingerprint density at radius 1 is 1.14 bits per heavy atom. The maximum Gasteiger partial charge on any atom is 0.320 e. The number of nitrogens with zero attached hydrogens (tertiary/aromatic N) is 2. The van der Waals surface area contributed by atoms with E-state index in [-0.39, 0.29) is 29.2 Å². The van der Waals surface area contributed by atoms with E-state index in [4.69, 9.17) is 0 Å². The Bertz CT molecular complexity index is 745. The molecule has 1 aromatic rings. The normalized spacial score (nSPS) is 30.0. The molecule has 0 aromatic heterocycles. The summed E-state index contributed by atoms with van der Waals surface area (Å²) in [5.74, 6) is -0.420. The average molecular weight is 388 g/mol. The van der Waals surface area contributed by atoms with Crippen molar-refractivity contribution < 1.29 is 19.8 Å². The van der Waals surface area contributed by atoms with Gasteiger partial charge in [-0.25, -0.2) is 10.9 Å². The number of carbonyl (C=O) groups excluding carboxylic acids is 1. The van der Waals surface area contributed by atoms with Gasteiger partial charge in [0.2, 0.25) is 5.91 Å². The van der Waals surface area contributed by atoms with Gasteiger partial charge in [-0.05, 0) is 55.8 Å². The van der Waals surface area contributed by atoms with E-state index in [1.54, 1.807) is 12.1 Å². The average Bonchev–Trinajstić information content (AvgIpc) is 3.28. The Balaban J connectivity index is 1.32. The predicted octanol–water partition coefficient (Wildman–Crippen LogP) is 0.697. The first-order chi connectivity index (χ1) is 13.4. The predicted molar refractivity (Wildman–Crippen MR) is 102 cm³/mol. The fraction of sp³-hybridized carbons (Fsp3) is 0.600. The molecule has 3 saturated heterocycles. The quantitative estimate of drug-likeness (QED) is 0.604. The molecule has 0 aliphatic carbocycles. The van der Waals surface area contributed by atoms with E-state index in [1.807, 2.05) is 29.0 Å². The zero-order valence-electron chi connectivity index (χ0n) is 16.1. The Hall–Kier alpha value is -2.16. The van der Waals surface area contributed by atoms with Crippen LogP contribution in [0.4, 0.5) is 0 Å². The van der Waals surface area contributed by atoms with Crippen LogP contribution in [-0.4, -0.2) is 70.7 Å². The van der Waals surface area contributed by atoms with Gasteiger partial charge in [0.15, 0.2) is 0 Å². The van der Waals surface area contributed by atoms with E-state index in [1.165, 1.54) is 0 Å². The molecule has 3 heterocycles. The third-order valence-electron chi connectivity index (χ3n) is 6.66. The summed E-state index contributed by atoms with van der Waals surface area (Å²) in [5, 5.41) is 18.8. The number of phenols is 1. The molecule has 0 bridgehead atoms. The smallest absolute Gasteiger partial charge is 0.320 e. The van der Waals surface area contributed by atoms with Gasteiger partial charge >= 0.3 is 5.97 Å². The molecule has 1 aromatic carbocycles. The summed E-state index contributed by atoms with van der Waals surface area (Å²) in [7, 11) is 1.88. The largest absolute Gasteiger partial charge is 0.508 e. The van der Waals surface area contributed by atoms with Crippen LogP contribution in [0.3, 0.4) is 0 Å². The first kappa shape index (κ1) is 19.2. The molecule has 3 atom stereocenters. The highest BCUT2D eigenvalue weighted by molar-refractivity contribution is 5.82. The number of carboxylic acid groups (broad SMARTS) is 1. The van der Waals surface area contributed by atoms with Gasteiger partial charge in [-0.3, -0.25) is 14.5 Å². The lowest BCUT2D eigenvalue weighted by atomic mass is 9.76. The van der Waals surface area contributed by atoms with Gasteiger partial charge in [-0.15, -0.1) is 0 Å². The number of piperidine rings is 1. The van der Waals surface area contributed by atoms with Gasteiger partial charge in [0.05, 0.1) is 0 Å². The first-order valence-corrected chi connectivity index (χ1v) is 9.89. The molecule has 4 N–H and O–H groups in total. The van der Waals surface area contributed by atoms with Gasteiger partial charge in [0, 0.05) is 25.7 Å². The van der Waals surface area contributed by atoms with Crippen molar-refractivity contribution >= 4 is 11.9 Å². The Labute approximate surface area is 164 Å². The molecule has 0 saturated carbocycles. The van der Waals surface area contributed by atoms with E-state index in [0.29, 0.717) is 25.9 Å². The number of likely N-dealkylation sites (tertiary alicyclic amines) is 2. The number of benzene rings is 1. The van der Waals surface area contributed by atoms with Crippen LogP contribution in [0.15, 0.2) is 24.3 Å². The fourth-order valence-electron chi connectivity index (χ4n) is 4.97. The number of aromatic hydroxyl groups is 1. The second kappa shape index (κ2) is 7.35. The number of carbonyl (C=O) groups is 2. The van der Waals surface area contributed by atoms with Crippen molar-refractivity contribution in [2.45, 2.75) is 43.8 Å². The molecular formula is C20H28N4O4. The summed E-state index contributed by atoms with van der Waals surface area (Å²) in [6, 6.07) is 6.38. The third kappa shape index (κ3) is 3.59. The highest BCUT2D eigenvalue weighted by Gasteiger charge is 2.47. The number of hydrogen-bond acceptors (Lipinski definition) is 6. The number of hydrogen-bond donors (Lipinski definition) is 4. The van der Waals surface area contributed by atoms with E-state index in [9.17, 15) is 19.8 Å². The molecule has 28 heavy (non-hydrogen) atoms. The Morgan fingerprint density at radius 3 is 2.43 bits per heavy atom. The number of aliphatic carboxylic acids is 1. The molecule has 3 unspecified atom stereocenters. The van der Waals surface area contributed by atoms with Crippen LogP contribution in [0.5, 0.6) is 5.75 Å². The number of rotatable bonds is 3. The number of carboxylic acids is 1. The summed E-state index contributed by atoms with van der Waals surface area (Å²) in [6.07, 6.45) is 3.05. The van der Waals surface area contributed by atoms with Gasteiger partial charge in [0.1, 0.15) is 17.8 Å². The van der Waals surface area contributed by atoms with Crippen molar-refractivity contribution in [1.29, 1.82) is 0 Å². The minimum Gasteiger partial charge on any atom is -0.508 e. The summed E-state index contributed by atoms with van der Waals surface area (Å²) >= 11 is 0. The second-order valence-electron chi connectivity index (χ2n) is 8.52. The van der Waals surface area contributed by atoms with E-state index in [0.717, 1.165) is 24.9 Å². The lowest BCUT2D eigenvalue weighted by molar-refractivity contribution is -0.142. The number of phenolic OH excluding ortho intramolecular Hbond substituents is 1. The first-order valence-electron chi connectivity index (χ1n) is 9.89. The molecule has 8 nitrogen and oxygen atoms in total. The lowest BCUT2D eigenvalue weighted by Crippen LogP contribution is -2.50. The Kier molecular flexibility index (Phi) is 5.03. The van der Waals surface area contributed by atoms with Gasteiger partial charge < -0.3 is 15.1 Å².